The van der Waals surface area contributed by atoms with Crippen LogP contribution in [0.15, 0.2) is 30.3 Å². The Kier molecular flexibility index (Phi) is 3.49. The van der Waals surface area contributed by atoms with Crippen molar-refractivity contribution in [2.75, 3.05) is 31.6 Å². The first-order valence-corrected chi connectivity index (χ1v) is 6.18. The van der Waals surface area contributed by atoms with E-state index in [9.17, 15) is 0 Å². The molecule has 0 spiro atoms. The van der Waals surface area contributed by atoms with E-state index < -0.39 is 0 Å². The highest BCUT2D eigenvalue weighted by molar-refractivity contribution is 5.46. The highest BCUT2D eigenvalue weighted by atomic mass is 15.3. The van der Waals surface area contributed by atoms with E-state index in [4.69, 9.17) is 0 Å². The van der Waals surface area contributed by atoms with Gasteiger partial charge in [0.15, 0.2) is 0 Å². The van der Waals surface area contributed by atoms with E-state index in [1.54, 1.807) is 0 Å². The third kappa shape index (κ3) is 2.38. The van der Waals surface area contributed by atoms with E-state index in [0.29, 0.717) is 6.04 Å². The van der Waals surface area contributed by atoms with Gasteiger partial charge in [-0.3, -0.25) is 4.90 Å². The van der Waals surface area contributed by atoms with Crippen LogP contribution < -0.4 is 4.90 Å². The van der Waals surface area contributed by atoms with Crippen molar-refractivity contribution in [3.05, 3.63) is 30.3 Å². The van der Waals surface area contributed by atoms with Crippen LogP contribution in [0.1, 0.15) is 13.8 Å². The van der Waals surface area contributed by atoms with Crippen LogP contribution in [0.3, 0.4) is 0 Å². The maximum absolute atomic E-state index is 2.50. The quantitative estimate of drug-likeness (QED) is 0.752. The SMILES string of the molecule is CC(C)C1CN(c2ccccc2)CCN1C. The van der Waals surface area contributed by atoms with Crippen LogP contribution in [0.5, 0.6) is 0 Å². The molecule has 1 aliphatic rings. The van der Waals surface area contributed by atoms with Crippen LogP contribution in [-0.2, 0) is 0 Å². The Morgan fingerprint density at radius 1 is 1.12 bits per heavy atom. The molecule has 2 rings (SSSR count). The molecule has 2 nitrogen and oxygen atoms in total. The fraction of sp³-hybridized carbons (Fsp3) is 0.571. The fourth-order valence-electron chi connectivity index (χ4n) is 2.49. The highest BCUT2D eigenvalue weighted by Gasteiger charge is 2.26. The third-order valence-corrected chi connectivity index (χ3v) is 3.59. The molecule has 1 aromatic rings. The summed E-state index contributed by atoms with van der Waals surface area (Å²) in [7, 11) is 2.24. The zero-order valence-electron chi connectivity index (χ0n) is 10.6. The molecule has 1 saturated heterocycles. The first kappa shape index (κ1) is 11.5. The van der Waals surface area contributed by atoms with E-state index in [-0.39, 0.29) is 0 Å². The molecule has 0 aliphatic carbocycles. The monoisotopic (exact) mass is 218 g/mol. The van der Waals surface area contributed by atoms with Crippen molar-refractivity contribution in [3.63, 3.8) is 0 Å². The van der Waals surface area contributed by atoms with Crippen LogP contribution in [0.4, 0.5) is 5.69 Å². The van der Waals surface area contributed by atoms with E-state index in [0.717, 1.165) is 25.6 Å². The average Bonchev–Trinajstić information content (AvgIpc) is 2.30. The van der Waals surface area contributed by atoms with Crippen molar-refractivity contribution in [1.29, 1.82) is 0 Å². The van der Waals surface area contributed by atoms with E-state index in [1.807, 2.05) is 0 Å². The molecule has 1 fully saturated rings. The Morgan fingerprint density at radius 3 is 2.44 bits per heavy atom. The third-order valence-electron chi connectivity index (χ3n) is 3.59. The molecule has 16 heavy (non-hydrogen) atoms. The van der Waals surface area contributed by atoms with Gasteiger partial charge in [-0.1, -0.05) is 32.0 Å². The lowest BCUT2D eigenvalue weighted by molar-refractivity contribution is 0.173. The largest absolute Gasteiger partial charge is 0.369 e. The lowest BCUT2D eigenvalue weighted by Crippen LogP contribution is -2.53. The highest BCUT2D eigenvalue weighted by Crippen LogP contribution is 2.21. The molecule has 1 unspecified atom stereocenters. The van der Waals surface area contributed by atoms with Gasteiger partial charge >= 0.3 is 0 Å². The minimum absolute atomic E-state index is 0.675. The lowest BCUT2D eigenvalue weighted by atomic mass is 10.00. The summed E-state index contributed by atoms with van der Waals surface area (Å²) in [4.78, 5) is 4.99. The maximum Gasteiger partial charge on any atom is 0.0367 e. The summed E-state index contributed by atoms with van der Waals surface area (Å²) >= 11 is 0. The maximum atomic E-state index is 2.50. The second-order valence-corrected chi connectivity index (χ2v) is 5.07. The Morgan fingerprint density at radius 2 is 1.81 bits per heavy atom. The zero-order valence-corrected chi connectivity index (χ0v) is 10.6. The minimum atomic E-state index is 0.675. The van der Waals surface area contributed by atoms with Gasteiger partial charge in [0.25, 0.3) is 0 Å². The van der Waals surface area contributed by atoms with Gasteiger partial charge in [-0.05, 0) is 25.1 Å². The predicted molar refractivity (Wildman–Crippen MR) is 69.9 cm³/mol. The molecule has 0 N–H and O–H groups in total. The Bertz CT molecular complexity index is 321. The van der Waals surface area contributed by atoms with Gasteiger partial charge in [0.05, 0.1) is 0 Å². The second kappa shape index (κ2) is 4.88. The molecular formula is C14H22N2. The topological polar surface area (TPSA) is 6.48 Å². The first-order chi connectivity index (χ1) is 7.68. The number of nitrogens with zero attached hydrogens (tertiary/aromatic N) is 2. The van der Waals surface area contributed by atoms with Gasteiger partial charge < -0.3 is 4.90 Å². The van der Waals surface area contributed by atoms with E-state index in [1.165, 1.54) is 5.69 Å². The molecule has 1 aliphatic heterocycles. The number of piperazine rings is 1. The molecule has 1 aromatic carbocycles. The molecule has 88 valence electrons. The van der Waals surface area contributed by atoms with Gasteiger partial charge in [0, 0.05) is 31.4 Å². The van der Waals surface area contributed by atoms with Gasteiger partial charge in [-0.2, -0.15) is 0 Å². The molecule has 1 heterocycles. The summed E-state index contributed by atoms with van der Waals surface area (Å²) in [6, 6.07) is 11.4. The van der Waals surface area contributed by atoms with Crippen molar-refractivity contribution in [2.24, 2.45) is 5.92 Å². The summed E-state index contributed by atoms with van der Waals surface area (Å²) in [5, 5.41) is 0. The molecule has 1 atom stereocenters. The fourth-order valence-corrected chi connectivity index (χ4v) is 2.49. The lowest BCUT2D eigenvalue weighted by Gasteiger charge is -2.42. The van der Waals surface area contributed by atoms with E-state index in [2.05, 4.69) is 61.0 Å². The van der Waals surface area contributed by atoms with Crippen LogP contribution in [0.2, 0.25) is 0 Å². The van der Waals surface area contributed by atoms with Crippen LogP contribution in [0, 0.1) is 5.92 Å². The van der Waals surface area contributed by atoms with Crippen molar-refractivity contribution < 1.29 is 0 Å². The van der Waals surface area contributed by atoms with Gasteiger partial charge in [-0.15, -0.1) is 0 Å². The summed E-state index contributed by atoms with van der Waals surface area (Å²) in [5.74, 6) is 0.719. The van der Waals surface area contributed by atoms with Gasteiger partial charge in [-0.25, -0.2) is 0 Å². The summed E-state index contributed by atoms with van der Waals surface area (Å²) in [6.45, 7) is 8.09. The van der Waals surface area contributed by atoms with Crippen molar-refractivity contribution in [2.45, 2.75) is 19.9 Å². The number of anilines is 1. The normalized spacial score (nSPS) is 22.8. The number of benzene rings is 1. The van der Waals surface area contributed by atoms with Crippen LogP contribution in [0.25, 0.3) is 0 Å². The number of rotatable bonds is 2. The Labute approximate surface area is 98.9 Å². The van der Waals surface area contributed by atoms with Crippen LogP contribution >= 0.6 is 0 Å². The summed E-state index contributed by atoms with van der Waals surface area (Å²) in [6.07, 6.45) is 0. The van der Waals surface area contributed by atoms with Gasteiger partial charge in [0.2, 0.25) is 0 Å². The molecule has 0 aromatic heterocycles. The zero-order chi connectivity index (χ0) is 11.5. The molecule has 0 radical (unpaired) electrons. The number of hydrogen-bond donors (Lipinski definition) is 0. The second-order valence-electron chi connectivity index (χ2n) is 5.07. The molecule has 2 heteroatoms. The number of para-hydroxylation sites is 1. The standard InChI is InChI=1S/C14H22N2/c1-12(2)14-11-16(10-9-15(14)3)13-7-5-4-6-8-13/h4-8,12,14H,9-11H2,1-3H3. The van der Waals surface area contributed by atoms with E-state index >= 15 is 0 Å². The van der Waals surface area contributed by atoms with Crippen molar-refractivity contribution >= 4 is 5.69 Å². The smallest absolute Gasteiger partial charge is 0.0367 e. The van der Waals surface area contributed by atoms with Crippen molar-refractivity contribution in [3.8, 4) is 0 Å². The van der Waals surface area contributed by atoms with Crippen LogP contribution in [-0.4, -0.2) is 37.6 Å². The van der Waals surface area contributed by atoms with Crippen molar-refractivity contribution in [1.82, 2.24) is 4.90 Å². The molecule has 0 bridgehead atoms. The van der Waals surface area contributed by atoms with Gasteiger partial charge in [0.1, 0.15) is 0 Å². The predicted octanol–water partition coefficient (Wildman–Crippen LogP) is 2.46. The molecule has 0 amide bonds. The Hall–Kier alpha value is -1.02. The first-order valence-electron chi connectivity index (χ1n) is 6.18. The molecular weight excluding hydrogens is 196 g/mol. The molecule has 0 saturated carbocycles. The Balaban J connectivity index is 2.09. The average molecular weight is 218 g/mol. The number of likely N-dealkylation sites (N-methyl/N-ethyl adjacent to an activating group) is 1. The summed E-state index contributed by atoms with van der Waals surface area (Å²) < 4.78 is 0. The summed E-state index contributed by atoms with van der Waals surface area (Å²) in [5.41, 5.74) is 1.36. The minimum Gasteiger partial charge on any atom is -0.369 e. The number of hydrogen-bond acceptors (Lipinski definition) is 2.